The summed E-state index contributed by atoms with van der Waals surface area (Å²) in [4.78, 5) is 44.8. The molecule has 1 aromatic heterocycles. The number of carbonyl (C=O) groups excluding carboxylic acids is 2. The molecule has 1 heterocycles. The molecule has 0 radical (unpaired) electrons. The molecule has 0 bridgehead atoms. The lowest BCUT2D eigenvalue weighted by atomic mass is 10.1. The standard InChI is InChI=1S/C16H12N4O8/c1-7-11(19(23)24)4-9(5-12(7)20(25)26)14(21)18-15-10(6-17)13(8(2)28-15)16(22)27-3/h4-5H,1-3H3,(H,18,21). The van der Waals surface area contributed by atoms with Crippen molar-refractivity contribution in [2.24, 2.45) is 0 Å². The van der Waals surface area contributed by atoms with Crippen molar-refractivity contribution < 1.29 is 28.6 Å². The molecular formula is C16H12N4O8. The molecule has 1 amide bonds. The van der Waals surface area contributed by atoms with E-state index in [-0.39, 0.29) is 22.5 Å². The predicted octanol–water partition coefficient (Wildman–Crippen LogP) is 2.62. The number of nitro groups is 2. The smallest absolute Gasteiger partial charge is 0.342 e. The zero-order valence-corrected chi connectivity index (χ0v) is 14.8. The lowest BCUT2D eigenvalue weighted by molar-refractivity contribution is -0.395. The van der Waals surface area contributed by atoms with Gasteiger partial charge in [-0.1, -0.05) is 0 Å². The van der Waals surface area contributed by atoms with Gasteiger partial charge in [-0.2, -0.15) is 5.26 Å². The molecule has 0 aliphatic carbocycles. The Morgan fingerprint density at radius 2 is 1.71 bits per heavy atom. The molecule has 0 aliphatic rings. The summed E-state index contributed by atoms with van der Waals surface area (Å²) in [5.41, 5.74) is -2.36. The molecule has 12 heteroatoms. The Kier molecular flexibility index (Phi) is 5.40. The van der Waals surface area contributed by atoms with Crippen LogP contribution in [0, 0.1) is 45.4 Å². The molecule has 1 aromatic carbocycles. The third-order valence-electron chi connectivity index (χ3n) is 3.82. The number of nitriles is 1. The fraction of sp³-hybridized carbons (Fsp3) is 0.188. The van der Waals surface area contributed by atoms with Gasteiger partial charge in [0.05, 0.1) is 22.5 Å². The molecule has 0 saturated heterocycles. The summed E-state index contributed by atoms with van der Waals surface area (Å²) in [5, 5.41) is 33.7. The number of amides is 1. The maximum absolute atomic E-state index is 12.5. The normalized spacial score (nSPS) is 10.1. The van der Waals surface area contributed by atoms with Gasteiger partial charge >= 0.3 is 5.97 Å². The number of nitro benzene ring substituents is 2. The topological polar surface area (TPSA) is 179 Å². The largest absolute Gasteiger partial charge is 0.465 e. The van der Waals surface area contributed by atoms with Gasteiger partial charge in [0.25, 0.3) is 17.3 Å². The minimum Gasteiger partial charge on any atom is -0.465 e. The summed E-state index contributed by atoms with van der Waals surface area (Å²) >= 11 is 0. The van der Waals surface area contributed by atoms with Crippen LogP contribution >= 0.6 is 0 Å². The molecule has 2 rings (SSSR count). The van der Waals surface area contributed by atoms with Gasteiger partial charge in [-0.05, 0) is 13.8 Å². The van der Waals surface area contributed by atoms with Crippen molar-refractivity contribution in [1.82, 2.24) is 0 Å². The van der Waals surface area contributed by atoms with Crippen LogP contribution in [-0.2, 0) is 4.74 Å². The van der Waals surface area contributed by atoms with E-state index in [1.807, 2.05) is 0 Å². The molecular weight excluding hydrogens is 376 g/mol. The van der Waals surface area contributed by atoms with Crippen LogP contribution in [0.25, 0.3) is 0 Å². The highest BCUT2D eigenvalue weighted by Crippen LogP contribution is 2.31. The van der Waals surface area contributed by atoms with Crippen molar-refractivity contribution in [2.75, 3.05) is 12.4 Å². The first-order valence-corrected chi connectivity index (χ1v) is 7.48. The fourth-order valence-electron chi connectivity index (χ4n) is 2.46. The number of aryl methyl sites for hydroxylation is 1. The third-order valence-corrected chi connectivity index (χ3v) is 3.82. The maximum Gasteiger partial charge on any atom is 0.342 e. The van der Waals surface area contributed by atoms with Gasteiger partial charge in [0.15, 0.2) is 0 Å². The second kappa shape index (κ2) is 7.54. The number of furan rings is 1. The van der Waals surface area contributed by atoms with E-state index < -0.39 is 44.5 Å². The average Bonchev–Trinajstić information content (AvgIpc) is 2.95. The maximum atomic E-state index is 12.5. The molecule has 0 atom stereocenters. The van der Waals surface area contributed by atoms with Crippen LogP contribution in [0.3, 0.4) is 0 Å². The van der Waals surface area contributed by atoms with Crippen LogP contribution in [0.5, 0.6) is 0 Å². The molecule has 144 valence electrons. The van der Waals surface area contributed by atoms with E-state index in [9.17, 15) is 35.1 Å². The van der Waals surface area contributed by atoms with Crippen LogP contribution in [0.4, 0.5) is 17.3 Å². The number of nitrogens with one attached hydrogen (secondary N) is 1. The van der Waals surface area contributed by atoms with E-state index in [2.05, 4.69) is 10.1 Å². The second-order valence-corrected chi connectivity index (χ2v) is 5.45. The van der Waals surface area contributed by atoms with Crippen molar-refractivity contribution in [3.63, 3.8) is 0 Å². The second-order valence-electron chi connectivity index (χ2n) is 5.45. The molecule has 0 aliphatic heterocycles. The SMILES string of the molecule is COC(=O)c1c(C)oc(NC(=O)c2cc([N+](=O)[O-])c(C)c([N+](=O)[O-])c2)c1C#N. The minimum absolute atomic E-state index is 0.000401. The third kappa shape index (κ3) is 3.49. The highest BCUT2D eigenvalue weighted by Gasteiger charge is 2.28. The Hall–Kier alpha value is -4.27. The van der Waals surface area contributed by atoms with E-state index in [0.29, 0.717) is 0 Å². The quantitative estimate of drug-likeness (QED) is 0.457. The van der Waals surface area contributed by atoms with Crippen LogP contribution in [0.1, 0.15) is 37.6 Å². The zero-order valence-electron chi connectivity index (χ0n) is 14.8. The van der Waals surface area contributed by atoms with Gasteiger partial charge < -0.3 is 9.15 Å². The highest BCUT2D eigenvalue weighted by molar-refractivity contribution is 6.06. The van der Waals surface area contributed by atoms with Crippen molar-refractivity contribution >= 4 is 29.1 Å². The molecule has 2 aromatic rings. The molecule has 0 fully saturated rings. The van der Waals surface area contributed by atoms with E-state index in [1.165, 1.54) is 13.8 Å². The number of hydrogen-bond donors (Lipinski definition) is 1. The van der Waals surface area contributed by atoms with Gasteiger partial charge in [-0.15, -0.1) is 0 Å². The van der Waals surface area contributed by atoms with Crippen molar-refractivity contribution in [3.8, 4) is 6.07 Å². The Bertz CT molecular complexity index is 1030. The Labute approximate surface area is 156 Å². The van der Waals surface area contributed by atoms with Gasteiger partial charge in [-0.25, -0.2) is 4.79 Å². The van der Waals surface area contributed by atoms with Gasteiger partial charge in [0.2, 0.25) is 5.88 Å². The minimum atomic E-state index is -1.01. The van der Waals surface area contributed by atoms with E-state index in [0.717, 1.165) is 19.2 Å². The van der Waals surface area contributed by atoms with Crippen LogP contribution in [-0.4, -0.2) is 28.8 Å². The monoisotopic (exact) mass is 388 g/mol. The molecule has 0 spiro atoms. The van der Waals surface area contributed by atoms with E-state index >= 15 is 0 Å². The predicted molar refractivity (Wildman–Crippen MR) is 91.9 cm³/mol. The van der Waals surface area contributed by atoms with Crippen LogP contribution < -0.4 is 5.32 Å². The number of carbonyl (C=O) groups is 2. The summed E-state index contributed by atoms with van der Waals surface area (Å²) in [6.45, 7) is 2.55. The number of nitrogens with zero attached hydrogens (tertiary/aromatic N) is 3. The van der Waals surface area contributed by atoms with Crippen molar-refractivity contribution in [2.45, 2.75) is 13.8 Å². The summed E-state index contributed by atoms with van der Waals surface area (Å²) in [6.07, 6.45) is 0. The summed E-state index contributed by atoms with van der Waals surface area (Å²) in [7, 11) is 1.10. The van der Waals surface area contributed by atoms with Gasteiger partial charge in [0, 0.05) is 12.1 Å². The number of hydrogen-bond acceptors (Lipinski definition) is 9. The number of anilines is 1. The molecule has 28 heavy (non-hydrogen) atoms. The number of esters is 1. The summed E-state index contributed by atoms with van der Waals surface area (Å²) in [5.74, 6) is -2.26. The average molecular weight is 388 g/mol. The van der Waals surface area contributed by atoms with E-state index in [4.69, 9.17) is 4.42 Å². The highest BCUT2D eigenvalue weighted by atomic mass is 16.6. The lowest BCUT2D eigenvalue weighted by Gasteiger charge is -2.05. The Balaban J connectivity index is 2.52. The Morgan fingerprint density at radius 1 is 1.18 bits per heavy atom. The number of ether oxygens (including phenoxy) is 1. The molecule has 0 saturated carbocycles. The number of rotatable bonds is 5. The molecule has 12 nitrogen and oxygen atoms in total. The zero-order chi connectivity index (χ0) is 21.2. The first-order valence-electron chi connectivity index (χ1n) is 7.48. The fourth-order valence-corrected chi connectivity index (χ4v) is 2.46. The molecule has 1 N–H and O–H groups in total. The van der Waals surface area contributed by atoms with Crippen LogP contribution in [0.2, 0.25) is 0 Å². The summed E-state index contributed by atoms with van der Waals surface area (Å²) < 4.78 is 9.76. The van der Waals surface area contributed by atoms with Gasteiger partial charge in [0.1, 0.15) is 28.5 Å². The van der Waals surface area contributed by atoms with Crippen molar-refractivity contribution in [3.05, 3.63) is 60.4 Å². The first-order chi connectivity index (χ1) is 13.1. The number of benzene rings is 1. The Morgan fingerprint density at radius 3 is 2.14 bits per heavy atom. The first kappa shape index (κ1) is 20.0. The molecule has 0 unspecified atom stereocenters. The van der Waals surface area contributed by atoms with Crippen molar-refractivity contribution in [1.29, 1.82) is 5.26 Å². The summed E-state index contributed by atoms with van der Waals surface area (Å²) in [6, 6.07) is 3.42. The number of methoxy groups -OCH3 is 1. The van der Waals surface area contributed by atoms with Crippen LogP contribution in [0.15, 0.2) is 16.5 Å². The van der Waals surface area contributed by atoms with E-state index in [1.54, 1.807) is 6.07 Å². The van der Waals surface area contributed by atoms with Gasteiger partial charge in [-0.3, -0.25) is 30.3 Å². The lowest BCUT2D eigenvalue weighted by Crippen LogP contribution is -2.14.